The molecule has 0 spiro atoms. The summed E-state index contributed by atoms with van der Waals surface area (Å²) >= 11 is 0. The lowest BCUT2D eigenvalue weighted by molar-refractivity contribution is -0.126. The zero-order valence-corrected chi connectivity index (χ0v) is 19.8. The first-order chi connectivity index (χ1) is 16.5. The molecule has 3 heterocycles. The van der Waals surface area contributed by atoms with Crippen molar-refractivity contribution in [3.05, 3.63) is 41.6 Å². The molecule has 2 saturated heterocycles. The van der Waals surface area contributed by atoms with E-state index in [1.807, 2.05) is 18.2 Å². The number of amides is 2. The summed E-state index contributed by atoms with van der Waals surface area (Å²) in [4.78, 5) is 29.7. The van der Waals surface area contributed by atoms with Gasteiger partial charge in [0.2, 0.25) is 5.91 Å². The number of ether oxygens (including phenoxy) is 2. The van der Waals surface area contributed by atoms with E-state index in [9.17, 15) is 9.59 Å². The summed E-state index contributed by atoms with van der Waals surface area (Å²) in [5.41, 5.74) is 2.36. The number of carbonyl (C=O) groups excluding carboxylic acids is 2. The van der Waals surface area contributed by atoms with E-state index in [0.29, 0.717) is 37.1 Å². The molecule has 0 radical (unpaired) electrons. The zero-order chi connectivity index (χ0) is 23.2. The van der Waals surface area contributed by atoms with Crippen LogP contribution in [-0.4, -0.2) is 65.6 Å². The predicted octanol–water partition coefficient (Wildman–Crippen LogP) is 3.24. The van der Waals surface area contributed by atoms with Crippen LogP contribution in [0.25, 0.3) is 0 Å². The molecule has 1 aromatic rings. The van der Waals surface area contributed by atoms with Crippen LogP contribution in [0.4, 0.5) is 0 Å². The van der Waals surface area contributed by atoms with E-state index < -0.39 is 6.04 Å². The van der Waals surface area contributed by atoms with Crippen LogP contribution in [0.15, 0.2) is 30.5 Å². The largest absolute Gasteiger partial charge is 0.489 e. The van der Waals surface area contributed by atoms with Crippen LogP contribution < -0.4 is 10.1 Å². The average Bonchev–Trinajstić information content (AvgIpc) is 3.57. The van der Waals surface area contributed by atoms with Crippen molar-refractivity contribution < 1.29 is 19.1 Å². The maximum atomic E-state index is 13.0. The van der Waals surface area contributed by atoms with E-state index in [1.54, 1.807) is 4.90 Å². The smallest absolute Gasteiger partial charge is 0.255 e. The van der Waals surface area contributed by atoms with Gasteiger partial charge < -0.3 is 19.7 Å². The third kappa shape index (κ3) is 4.36. The Kier molecular flexibility index (Phi) is 5.86. The second kappa shape index (κ2) is 9.00. The molecule has 1 aromatic carbocycles. The first-order valence-corrected chi connectivity index (χ1v) is 13.0. The fourth-order valence-electron chi connectivity index (χ4n) is 5.91. The highest BCUT2D eigenvalue weighted by molar-refractivity contribution is 6.01. The Hall–Kier alpha value is -2.38. The standard InChI is InChI=1S/C27H35N3O4/c1-17-6-11-24(26(31)28-17)30-13-19-12-20(9-10-22(19)27(30)32)34-25-5-3-2-4-23(25)29-14-21(15-29)33-16-18-7-8-18/h9-10,12,18,21,23-25H,1-8,11,13-16H2,(H,28,31). The first-order valence-electron chi connectivity index (χ1n) is 13.0. The van der Waals surface area contributed by atoms with Crippen LogP contribution in [0.5, 0.6) is 5.75 Å². The number of piperidine rings is 1. The molecule has 4 fully saturated rings. The quantitative estimate of drug-likeness (QED) is 0.670. The van der Waals surface area contributed by atoms with E-state index in [-0.39, 0.29) is 17.9 Å². The summed E-state index contributed by atoms with van der Waals surface area (Å²) in [5.74, 6) is 1.44. The van der Waals surface area contributed by atoms with Crippen LogP contribution in [-0.2, 0) is 16.1 Å². The topological polar surface area (TPSA) is 71.1 Å². The highest BCUT2D eigenvalue weighted by Crippen LogP contribution is 2.35. The third-order valence-corrected chi connectivity index (χ3v) is 8.17. The summed E-state index contributed by atoms with van der Waals surface area (Å²) in [7, 11) is 0. The third-order valence-electron chi connectivity index (χ3n) is 8.17. The Morgan fingerprint density at radius 2 is 1.88 bits per heavy atom. The summed E-state index contributed by atoms with van der Waals surface area (Å²) in [6, 6.07) is 5.80. The molecule has 3 atom stereocenters. The number of carbonyl (C=O) groups is 2. The summed E-state index contributed by atoms with van der Waals surface area (Å²) in [5, 5.41) is 2.80. The highest BCUT2D eigenvalue weighted by atomic mass is 16.5. The molecular weight excluding hydrogens is 430 g/mol. The minimum atomic E-state index is -0.431. The fourth-order valence-corrected chi connectivity index (χ4v) is 5.91. The van der Waals surface area contributed by atoms with Gasteiger partial charge in [0, 0.05) is 43.5 Å². The Morgan fingerprint density at radius 1 is 1.06 bits per heavy atom. The first kappa shape index (κ1) is 22.1. The highest BCUT2D eigenvalue weighted by Gasteiger charge is 2.41. The van der Waals surface area contributed by atoms with Crippen molar-refractivity contribution in [2.75, 3.05) is 19.7 Å². The molecule has 2 amide bonds. The molecule has 2 saturated carbocycles. The number of benzene rings is 1. The molecular formula is C27H35N3O4. The number of likely N-dealkylation sites (tertiary alicyclic amines) is 1. The molecule has 7 heteroatoms. The van der Waals surface area contributed by atoms with Gasteiger partial charge in [-0.2, -0.15) is 0 Å². The Morgan fingerprint density at radius 3 is 2.68 bits per heavy atom. The summed E-state index contributed by atoms with van der Waals surface area (Å²) in [6.07, 6.45) is 9.21. The average molecular weight is 466 g/mol. The maximum absolute atomic E-state index is 13.0. The number of hydrogen-bond acceptors (Lipinski definition) is 5. The van der Waals surface area contributed by atoms with Crippen LogP contribution in [0, 0.1) is 5.92 Å². The number of nitrogens with zero attached hydrogens (tertiary/aromatic N) is 2. The van der Waals surface area contributed by atoms with Gasteiger partial charge in [0.05, 0.1) is 6.10 Å². The molecule has 0 bridgehead atoms. The maximum Gasteiger partial charge on any atom is 0.255 e. The van der Waals surface area contributed by atoms with Crippen LogP contribution in [0.1, 0.15) is 67.3 Å². The van der Waals surface area contributed by atoms with E-state index in [1.165, 1.54) is 32.1 Å². The molecule has 1 N–H and O–H groups in total. The molecule has 34 heavy (non-hydrogen) atoms. The van der Waals surface area contributed by atoms with Gasteiger partial charge >= 0.3 is 0 Å². The van der Waals surface area contributed by atoms with Crippen molar-refractivity contribution >= 4 is 11.8 Å². The van der Waals surface area contributed by atoms with Crippen LogP contribution in [0.2, 0.25) is 0 Å². The van der Waals surface area contributed by atoms with Gasteiger partial charge in [-0.1, -0.05) is 13.0 Å². The van der Waals surface area contributed by atoms with Crippen molar-refractivity contribution in [1.82, 2.24) is 15.1 Å². The summed E-state index contributed by atoms with van der Waals surface area (Å²) in [6.45, 7) is 7.26. The lowest BCUT2D eigenvalue weighted by Crippen LogP contribution is -2.61. The molecule has 7 nitrogen and oxygen atoms in total. The molecule has 5 aliphatic rings. The second-order valence-corrected chi connectivity index (χ2v) is 10.8. The number of rotatable bonds is 7. The van der Waals surface area contributed by atoms with Crippen LogP contribution >= 0.6 is 0 Å². The minimum absolute atomic E-state index is 0.0671. The van der Waals surface area contributed by atoms with Gasteiger partial charge in [-0.3, -0.25) is 14.5 Å². The molecule has 3 aliphatic heterocycles. The number of nitrogens with one attached hydrogen (secondary N) is 1. The molecule has 6 rings (SSSR count). The van der Waals surface area contributed by atoms with Crippen molar-refractivity contribution in [1.29, 1.82) is 0 Å². The van der Waals surface area contributed by atoms with Gasteiger partial charge in [0.25, 0.3) is 5.91 Å². The number of hydrogen-bond donors (Lipinski definition) is 1. The minimum Gasteiger partial charge on any atom is -0.489 e. The molecule has 0 aromatic heterocycles. The van der Waals surface area contributed by atoms with E-state index in [4.69, 9.17) is 9.47 Å². The molecule has 182 valence electrons. The normalized spacial score (nSPS) is 30.2. The fraction of sp³-hybridized carbons (Fsp3) is 0.630. The van der Waals surface area contributed by atoms with E-state index in [2.05, 4.69) is 16.8 Å². The van der Waals surface area contributed by atoms with Gasteiger partial charge in [-0.05, 0) is 74.6 Å². The van der Waals surface area contributed by atoms with Crippen molar-refractivity contribution in [2.24, 2.45) is 5.92 Å². The van der Waals surface area contributed by atoms with Gasteiger partial charge in [-0.15, -0.1) is 0 Å². The SMILES string of the molecule is C=C1CCC(N2Cc3cc(OC4CCCCC4N4CC(OCC5CC5)C4)ccc3C2=O)C(=O)N1. The Labute approximate surface area is 201 Å². The van der Waals surface area contributed by atoms with Crippen molar-refractivity contribution in [3.63, 3.8) is 0 Å². The lowest BCUT2D eigenvalue weighted by Gasteiger charge is -2.48. The lowest BCUT2D eigenvalue weighted by atomic mass is 9.89. The number of fused-ring (bicyclic) bond motifs is 1. The Bertz CT molecular complexity index is 984. The molecule has 2 aliphatic carbocycles. The predicted molar refractivity (Wildman–Crippen MR) is 127 cm³/mol. The van der Waals surface area contributed by atoms with Gasteiger partial charge in [0.15, 0.2) is 0 Å². The Balaban J connectivity index is 1.09. The van der Waals surface area contributed by atoms with Crippen molar-refractivity contribution in [3.8, 4) is 5.75 Å². The zero-order valence-electron chi connectivity index (χ0n) is 19.8. The van der Waals surface area contributed by atoms with Gasteiger partial charge in [0.1, 0.15) is 17.9 Å². The second-order valence-electron chi connectivity index (χ2n) is 10.8. The molecule has 3 unspecified atom stereocenters. The monoisotopic (exact) mass is 465 g/mol. The van der Waals surface area contributed by atoms with Gasteiger partial charge in [-0.25, -0.2) is 0 Å². The number of allylic oxidation sites excluding steroid dienone is 1. The van der Waals surface area contributed by atoms with E-state index in [0.717, 1.165) is 49.0 Å². The summed E-state index contributed by atoms with van der Waals surface area (Å²) < 4.78 is 12.6. The van der Waals surface area contributed by atoms with E-state index >= 15 is 0 Å². The van der Waals surface area contributed by atoms with Crippen LogP contribution in [0.3, 0.4) is 0 Å². The van der Waals surface area contributed by atoms with Crippen molar-refractivity contribution in [2.45, 2.75) is 82.2 Å².